The fourth-order valence-corrected chi connectivity index (χ4v) is 3.27. The zero-order valence-electron chi connectivity index (χ0n) is 14.4. The van der Waals surface area contributed by atoms with E-state index in [9.17, 15) is 9.18 Å². The van der Waals surface area contributed by atoms with Gasteiger partial charge < -0.3 is 10.2 Å². The van der Waals surface area contributed by atoms with Gasteiger partial charge >= 0.3 is 0 Å². The molecular weight excluding hydrogens is 335 g/mol. The molecule has 1 aliphatic heterocycles. The van der Waals surface area contributed by atoms with Crippen molar-refractivity contribution in [2.75, 3.05) is 18.0 Å². The van der Waals surface area contributed by atoms with Gasteiger partial charge in [0.1, 0.15) is 11.6 Å². The molecule has 1 amide bonds. The highest BCUT2D eigenvalue weighted by atomic mass is 19.1. The smallest absolute Gasteiger partial charge is 0.254 e. The summed E-state index contributed by atoms with van der Waals surface area (Å²) in [5.74, 6) is 0.648. The predicted molar refractivity (Wildman–Crippen MR) is 94.6 cm³/mol. The Balaban J connectivity index is 1.49. The minimum absolute atomic E-state index is 0.0598. The fraction of sp³-hybridized carbons (Fsp3) is 0.333. The molecule has 26 heavy (non-hydrogen) atoms. The van der Waals surface area contributed by atoms with Crippen LogP contribution in [0.5, 0.6) is 0 Å². The number of rotatable bonds is 3. The second-order valence-corrected chi connectivity index (χ2v) is 6.45. The van der Waals surface area contributed by atoms with Gasteiger partial charge in [0.15, 0.2) is 11.5 Å². The Labute approximate surface area is 149 Å². The van der Waals surface area contributed by atoms with Crippen molar-refractivity contribution in [3.05, 3.63) is 53.6 Å². The minimum atomic E-state index is -0.507. The van der Waals surface area contributed by atoms with E-state index >= 15 is 0 Å². The first-order chi connectivity index (χ1) is 12.6. The third-order valence-corrected chi connectivity index (χ3v) is 4.60. The van der Waals surface area contributed by atoms with Crippen LogP contribution in [0.4, 0.5) is 10.2 Å². The van der Waals surface area contributed by atoms with Crippen LogP contribution < -0.4 is 10.2 Å². The van der Waals surface area contributed by atoms with Gasteiger partial charge in [-0.2, -0.15) is 4.52 Å². The number of benzene rings is 1. The first-order valence-corrected chi connectivity index (χ1v) is 8.61. The maximum atomic E-state index is 13.8. The van der Waals surface area contributed by atoms with Crippen molar-refractivity contribution in [3.8, 4) is 0 Å². The molecule has 0 aliphatic carbocycles. The normalized spacial score (nSPS) is 17.5. The molecule has 7 nitrogen and oxygen atoms in total. The summed E-state index contributed by atoms with van der Waals surface area (Å²) in [5, 5.41) is 15.6. The molecule has 0 spiro atoms. The predicted octanol–water partition coefficient (Wildman–Crippen LogP) is 1.97. The Hall–Kier alpha value is -3.03. The number of fused-ring (bicyclic) bond motifs is 1. The van der Waals surface area contributed by atoms with E-state index in [1.165, 1.54) is 12.1 Å². The lowest BCUT2D eigenvalue weighted by Gasteiger charge is -2.33. The second-order valence-electron chi connectivity index (χ2n) is 6.45. The van der Waals surface area contributed by atoms with Gasteiger partial charge in [0.25, 0.3) is 5.91 Å². The van der Waals surface area contributed by atoms with Gasteiger partial charge in [-0.25, -0.2) is 4.39 Å². The molecule has 1 aliphatic rings. The van der Waals surface area contributed by atoms with Gasteiger partial charge in [0, 0.05) is 19.1 Å². The fourth-order valence-electron chi connectivity index (χ4n) is 3.27. The van der Waals surface area contributed by atoms with Crippen molar-refractivity contribution in [1.82, 2.24) is 25.1 Å². The first-order valence-electron chi connectivity index (χ1n) is 8.61. The highest BCUT2D eigenvalue weighted by Crippen LogP contribution is 2.19. The maximum absolute atomic E-state index is 13.8. The minimum Gasteiger partial charge on any atom is -0.353 e. The SMILES string of the molecule is Cc1nnc2ccc(N3CCCC(NC(=O)c4ccccc4F)C3)nn12. The van der Waals surface area contributed by atoms with Crippen LogP contribution in [0.2, 0.25) is 0 Å². The molecule has 1 atom stereocenters. The van der Waals surface area contributed by atoms with Gasteiger partial charge in [0.05, 0.1) is 5.56 Å². The molecule has 3 aromatic rings. The molecule has 3 heterocycles. The lowest BCUT2D eigenvalue weighted by molar-refractivity contribution is 0.0929. The van der Waals surface area contributed by atoms with Crippen LogP contribution in [0.25, 0.3) is 5.65 Å². The van der Waals surface area contributed by atoms with E-state index in [0.717, 1.165) is 31.0 Å². The molecule has 0 saturated carbocycles. The van der Waals surface area contributed by atoms with Gasteiger partial charge in [-0.1, -0.05) is 12.1 Å². The van der Waals surface area contributed by atoms with Crippen LogP contribution >= 0.6 is 0 Å². The van der Waals surface area contributed by atoms with Crippen LogP contribution in [-0.4, -0.2) is 44.8 Å². The number of anilines is 1. The quantitative estimate of drug-likeness (QED) is 0.778. The van der Waals surface area contributed by atoms with Crippen molar-refractivity contribution >= 4 is 17.4 Å². The molecule has 1 saturated heterocycles. The van der Waals surface area contributed by atoms with Crippen LogP contribution in [0.15, 0.2) is 36.4 Å². The standard InChI is InChI=1S/C18H19FN6O/c1-12-21-22-16-8-9-17(23-25(12)16)24-10-4-5-13(11-24)20-18(26)14-6-2-3-7-15(14)19/h2-3,6-9,13H,4-5,10-11H2,1H3,(H,20,26). The molecule has 1 aromatic carbocycles. The van der Waals surface area contributed by atoms with Gasteiger partial charge in [-0.05, 0) is 44.0 Å². The average Bonchev–Trinajstić information content (AvgIpc) is 3.03. The number of hydrogen-bond donors (Lipinski definition) is 1. The third kappa shape index (κ3) is 3.10. The van der Waals surface area contributed by atoms with Crippen LogP contribution in [0.1, 0.15) is 29.0 Å². The number of piperidine rings is 1. The summed E-state index contributed by atoms with van der Waals surface area (Å²) >= 11 is 0. The molecule has 4 rings (SSSR count). The highest BCUT2D eigenvalue weighted by Gasteiger charge is 2.24. The molecule has 1 N–H and O–H groups in total. The van der Waals surface area contributed by atoms with Crippen LogP contribution in [0.3, 0.4) is 0 Å². The number of amides is 1. The largest absolute Gasteiger partial charge is 0.353 e. The Morgan fingerprint density at radius 1 is 1.23 bits per heavy atom. The number of hydrogen-bond acceptors (Lipinski definition) is 5. The Morgan fingerprint density at radius 3 is 2.92 bits per heavy atom. The summed E-state index contributed by atoms with van der Waals surface area (Å²) in [4.78, 5) is 14.5. The van der Waals surface area contributed by atoms with E-state index in [2.05, 4.69) is 25.5 Å². The molecule has 2 aromatic heterocycles. The second kappa shape index (κ2) is 6.70. The molecule has 0 radical (unpaired) electrons. The summed E-state index contributed by atoms with van der Waals surface area (Å²) in [6, 6.07) is 9.75. The van der Waals surface area contributed by atoms with Crippen molar-refractivity contribution in [2.24, 2.45) is 0 Å². The summed E-state index contributed by atoms with van der Waals surface area (Å²) < 4.78 is 15.5. The number of nitrogens with zero attached hydrogens (tertiary/aromatic N) is 5. The van der Waals surface area contributed by atoms with Crippen LogP contribution in [0, 0.1) is 12.7 Å². The van der Waals surface area contributed by atoms with E-state index in [0.29, 0.717) is 12.2 Å². The lowest BCUT2D eigenvalue weighted by Crippen LogP contribution is -2.48. The number of carbonyl (C=O) groups is 1. The monoisotopic (exact) mass is 354 g/mol. The van der Waals surface area contributed by atoms with E-state index in [1.807, 2.05) is 19.1 Å². The molecule has 134 valence electrons. The topological polar surface area (TPSA) is 75.4 Å². The molecular formula is C18H19FN6O. The first kappa shape index (κ1) is 16.4. The molecule has 8 heteroatoms. The summed E-state index contributed by atoms with van der Waals surface area (Å²) in [6.07, 6.45) is 1.77. The number of halogens is 1. The molecule has 1 unspecified atom stereocenters. The zero-order valence-corrected chi connectivity index (χ0v) is 14.4. The van der Waals surface area contributed by atoms with Crippen molar-refractivity contribution < 1.29 is 9.18 Å². The maximum Gasteiger partial charge on any atom is 0.254 e. The van der Waals surface area contributed by atoms with Crippen LogP contribution in [-0.2, 0) is 0 Å². The summed E-state index contributed by atoms with van der Waals surface area (Å²) in [5.41, 5.74) is 0.775. The van der Waals surface area contributed by atoms with Gasteiger partial charge in [-0.3, -0.25) is 4.79 Å². The van der Waals surface area contributed by atoms with E-state index < -0.39 is 5.82 Å². The van der Waals surface area contributed by atoms with Gasteiger partial charge in [-0.15, -0.1) is 15.3 Å². The summed E-state index contributed by atoms with van der Waals surface area (Å²) in [6.45, 7) is 3.33. The van der Waals surface area contributed by atoms with E-state index in [1.54, 1.807) is 16.6 Å². The van der Waals surface area contributed by atoms with E-state index in [4.69, 9.17) is 0 Å². The van der Waals surface area contributed by atoms with Crippen molar-refractivity contribution in [1.29, 1.82) is 0 Å². The Bertz CT molecular complexity index is 956. The zero-order chi connectivity index (χ0) is 18.1. The van der Waals surface area contributed by atoms with E-state index in [-0.39, 0.29) is 17.5 Å². The summed E-state index contributed by atoms with van der Waals surface area (Å²) in [7, 11) is 0. The number of aromatic nitrogens is 4. The number of carbonyl (C=O) groups excluding carboxylic acids is 1. The van der Waals surface area contributed by atoms with Gasteiger partial charge in [0.2, 0.25) is 0 Å². The highest BCUT2D eigenvalue weighted by molar-refractivity contribution is 5.94. The Morgan fingerprint density at radius 2 is 2.08 bits per heavy atom. The molecule has 0 bridgehead atoms. The van der Waals surface area contributed by atoms with Crippen molar-refractivity contribution in [3.63, 3.8) is 0 Å². The number of nitrogens with one attached hydrogen (secondary N) is 1. The average molecular weight is 354 g/mol. The Kier molecular flexibility index (Phi) is 4.24. The number of aryl methyl sites for hydroxylation is 1. The third-order valence-electron chi connectivity index (χ3n) is 4.60. The van der Waals surface area contributed by atoms with Crippen molar-refractivity contribution in [2.45, 2.75) is 25.8 Å². The molecule has 1 fully saturated rings. The lowest BCUT2D eigenvalue weighted by atomic mass is 10.0.